The van der Waals surface area contributed by atoms with Crippen LogP contribution in [0, 0.1) is 0 Å². The fraction of sp³-hybridized carbons (Fsp3) is 0.125. The van der Waals surface area contributed by atoms with E-state index in [2.05, 4.69) is 15.5 Å². The topological polar surface area (TPSA) is 76.9 Å². The molecule has 1 N–H and O–H groups in total. The lowest BCUT2D eigenvalue weighted by molar-refractivity contribution is -0.139. The minimum Gasteiger partial charge on any atom is -0.323 e. The lowest BCUT2D eigenvalue weighted by Crippen LogP contribution is -2.32. The minimum atomic E-state index is -4.78. The van der Waals surface area contributed by atoms with Gasteiger partial charge < -0.3 is 9.88 Å². The van der Waals surface area contributed by atoms with E-state index in [9.17, 15) is 22.8 Å². The van der Waals surface area contributed by atoms with Crippen molar-refractivity contribution in [3.8, 4) is 0 Å². The monoisotopic (exact) mass is 412 g/mol. The van der Waals surface area contributed by atoms with E-state index < -0.39 is 29.8 Å². The summed E-state index contributed by atoms with van der Waals surface area (Å²) in [6.07, 6.45) is -3.64. The number of alkyl halides is 3. The zero-order valence-corrected chi connectivity index (χ0v) is 15.1. The van der Waals surface area contributed by atoms with Gasteiger partial charge in [-0.15, -0.1) is 10.2 Å². The average molecular weight is 412 g/mol. The minimum absolute atomic E-state index is 0.461. The molecule has 1 amide bonds. The summed E-state index contributed by atoms with van der Waals surface area (Å²) in [4.78, 5) is 24.9. The molecule has 0 radical (unpaired) electrons. The summed E-state index contributed by atoms with van der Waals surface area (Å²) in [5.41, 5.74) is -0.548. The van der Waals surface area contributed by atoms with E-state index in [0.717, 1.165) is 16.8 Å². The average Bonchev–Trinajstić information content (AvgIpc) is 3.10. The zero-order valence-electron chi connectivity index (χ0n) is 13.4. The summed E-state index contributed by atoms with van der Waals surface area (Å²) in [6.45, 7) is -0.541. The molecule has 0 unspecified atom stereocenters. The summed E-state index contributed by atoms with van der Waals surface area (Å²) in [7, 11) is 0. The molecule has 0 spiro atoms. The Morgan fingerprint density at radius 2 is 2.00 bits per heavy atom. The van der Waals surface area contributed by atoms with Crippen molar-refractivity contribution in [3.05, 3.63) is 64.0 Å². The van der Waals surface area contributed by atoms with Crippen LogP contribution < -0.4 is 10.9 Å². The fourth-order valence-corrected chi connectivity index (χ4v) is 3.70. The van der Waals surface area contributed by atoms with E-state index in [4.69, 9.17) is 0 Å². The van der Waals surface area contributed by atoms with Crippen molar-refractivity contribution in [2.24, 2.45) is 0 Å². The van der Waals surface area contributed by atoms with Crippen LogP contribution in [0.3, 0.4) is 0 Å². The predicted octanol–water partition coefficient (Wildman–Crippen LogP) is 3.51. The van der Waals surface area contributed by atoms with Crippen LogP contribution >= 0.6 is 23.1 Å². The highest BCUT2D eigenvalue weighted by Crippen LogP contribution is 2.33. The fourth-order valence-electron chi connectivity index (χ4n) is 2.18. The number of nitrogens with zero attached hydrogens (tertiary/aromatic N) is 3. The van der Waals surface area contributed by atoms with Crippen LogP contribution in [0.5, 0.6) is 0 Å². The summed E-state index contributed by atoms with van der Waals surface area (Å²) in [5.74, 6) is -0.623. The van der Waals surface area contributed by atoms with E-state index in [1.54, 1.807) is 29.8 Å². The molecule has 6 nitrogen and oxygen atoms in total. The van der Waals surface area contributed by atoms with Gasteiger partial charge in [-0.1, -0.05) is 35.2 Å². The molecule has 140 valence electrons. The van der Waals surface area contributed by atoms with Gasteiger partial charge in [0.15, 0.2) is 4.34 Å². The van der Waals surface area contributed by atoms with Crippen molar-refractivity contribution >= 4 is 34.7 Å². The van der Waals surface area contributed by atoms with Gasteiger partial charge in [0.2, 0.25) is 5.91 Å². The highest BCUT2D eigenvalue weighted by atomic mass is 32.2. The van der Waals surface area contributed by atoms with Gasteiger partial charge >= 0.3 is 6.18 Å². The van der Waals surface area contributed by atoms with Crippen LogP contribution in [0.4, 0.5) is 18.9 Å². The van der Waals surface area contributed by atoms with E-state index in [0.29, 0.717) is 21.0 Å². The number of carbonyl (C=O) groups excluding carboxylic acids is 1. The molecule has 0 atom stereocenters. The quantitative estimate of drug-likeness (QED) is 0.694. The number of aromatic nitrogens is 3. The number of rotatable bonds is 5. The number of anilines is 1. The molecule has 0 aliphatic heterocycles. The van der Waals surface area contributed by atoms with Crippen molar-refractivity contribution in [2.75, 3.05) is 5.32 Å². The number of amides is 1. The Balaban J connectivity index is 1.77. The number of para-hydroxylation sites is 1. The third-order valence-electron chi connectivity index (χ3n) is 3.34. The Morgan fingerprint density at radius 1 is 1.22 bits per heavy atom. The first-order chi connectivity index (χ1) is 12.8. The summed E-state index contributed by atoms with van der Waals surface area (Å²) < 4.78 is 39.9. The molecule has 0 fully saturated rings. The largest absolute Gasteiger partial charge is 0.421 e. The molecule has 0 aliphatic carbocycles. The van der Waals surface area contributed by atoms with Crippen molar-refractivity contribution < 1.29 is 18.0 Å². The first kappa shape index (κ1) is 19.1. The third-order valence-corrected chi connectivity index (χ3v) is 5.19. The number of hydrogen-bond donors (Lipinski definition) is 1. The molecule has 2 aromatic heterocycles. The Kier molecular flexibility index (Phi) is 5.61. The maximum atomic E-state index is 12.8. The molecular weight excluding hydrogens is 401 g/mol. The summed E-state index contributed by atoms with van der Waals surface area (Å²) in [6, 6.07) is 8.66. The lowest BCUT2D eigenvalue weighted by Gasteiger charge is -2.12. The maximum absolute atomic E-state index is 12.8. The van der Waals surface area contributed by atoms with Gasteiger partial charge in [0.25, 0.3) is 5.56 Å². The third kappa shape index (κ3) is 4.74. The van der Waals surface area contributed by atoms with Gasteiger partial charge in [0.1, 0.15) is 17.6 Å². The number of nitrogens with one attached hydrogen (secondary N) is 1. The van der Waals surface area contributed by atoms with Gasteiger partial charge in [0, 0.05) is 11.1 Å². The number of benzene rings is 1. The van der Waals surface area contributed by atoms with Gasteiger partial charge in [-0.2, -0.15) is 13.2 Å². The van der Waals surface area contributed by atoms with Gasteiger partial charge in [-0.05, 0) is 24.3 Å². The van der Waals surface area contributed by atoms with Crippen LogP contribution in [-0.4, -0.2) is 20.7 Å². The standard InChI is InChI=1S/C16H11F3N4O2S2/c17-16(18,19)10-4-3-7-23(14(10)25)8-13(24)21-11-5-1-2-6-12(11)27-15-22-20-9-26-15/h1-7,9H,8H2,(H,21,24). The zero-order chi connectivity index (χ0) is 19.4. The molecule has 0 saturated heterocycles. The Hall–Kier alpha value is -2.66. The molecule has 1 aromatic carbocycles. The predicted molar refractivity (Wildman–Crippen MR) is 94.8 cm³/mol. The van der Waals surface area contributed by atoms with Crippen molar-refractivity contribution in [2.45, 2.75) is 22.0 Å². The molecule has 0 saturated carbocycles. The van der Waals surface area contributed by atoms with Gasteiger partial charge in [0.05, 0.1) is 5.69 Å². The summed E-state index contributed by atoms with van der Waals surface area (Å²) in [5, 5.41) is 10.3. The SMILES string of the molecule is O=C(Cn1cccc(C(F)(F)F)c1=O)Nc1ccccc1Sc1nncs1. The second-order valence-corrected chi connectivity index (χ2v) is 7.33. The number of hydrogen-bond acceptors (Lipinski definition) is 6. The van der Waals surface area contributed by atoms with Crippen LogP contribution in [-0.2, 0) is 17.5 Å². The molecule has 0 bridgehead atoms. The Bertz CT molecular complexity index is 1000. The molecule has 27 heavy (non-hydrogen) atoms. The first-order valence-corrected chi connectivity index (χ1v) is 9.14. The molecule has 2 heterocycles. The second kappa shape index (κ2) is 7.92. The van der Waals surface area contributed by atoms with Crippen LogP contribution in [0.15, 0.2) is 62.1 Å². The van der Waals surface area contributed by atoms with Gasteiger partial charge in [-0.3, -0.25) is 9.59 Å². The van der Waals surface area contributed by atoms with Crippen molar-refractivity contribution in [1.29, 1.82) is 0 Å². The number of pyridine rings is 1. The molecule has 3 aromatic rings. The van der Waals surface area contributed by atoms with Gasteiger partial charge in [-0.25, -0.2) is 0 Å². The van der Waals surface area contributed by atoms with E-state index in [1.165, 1.54) is 23.1 Å². The van der Waals surface area contributed by atoms with Crippen LogP contribution in [0.1, 0.15) is 5.56 Å². The maximum Gasteiger partial charge on any atom is 0.421 e. The second-order valence-electron chi connectivity index (χ2n) is 5.20. The lowest BCUT2D eigenvalue weighted by atomic mass is 10.2. The first-order valence-electron chi connectivity index (χ1n) is 7.44. The highest BCUT2D eigenvalue weighted by molar-refractivity contribution is 8.01. The van der Waals surface area contributed by atoms with Crippen LogP contribution in [0.2, 0.25) is 0 Å². The number of halogens is 3. The molecule has 3 rings (SSSR count). The molecule has 0 aliphatic rings. The van der Waals surface area contributed by atoms with E-state index in [-0.39, 0.29) is 0 Å². The van der Waals surface area contributed by atoms with E-state index >= 15 is 0 Å². The normalized spacial score (nSPS) is 11.4. The Morgan fingerprint density at radius 3 is 2.70 bits per heavy atom. The summed E-state index contributed by atoms with van der Waals surface area (Å²) >= 11 is 2.62. The Labute approximate surface area is 159 Å². The van der Waals surface area contributed by atoms with E-state index in [1.807, 2.05) is 0 Å². The van der Waals surface area contributed by atoms with Crippen LogP contribution in [0.25, 0.3) is 0 Å². The van der Waals surface area contributed by atoms with Crippen molar-refractivity contribution in [3.63, 3.8) is 0 Å². The molecule has 11 heteroatoms. The molecular formula is C16H11F3N4O2S2. The van der Waals surface area contributed by atoms with Crippen molar-refractivity contribution in [1.82, 2.24) is 14.8 Å². The smallest absolute Gasteiger partial charge is 0.323 e. The number of carbonyl (C=O) groups is 1. The highest BCUT2D eigenvalue weighted by Gasteiger charge is 2.34.